The second-order valence-electron chi connectivity index (χ2n) is 3.91. The lowest BCUT2D eigenvalue weighted by molar-refractivity contribution is -0.123. The van der Waals surface area contributed by atoms with Crippen LogP contribution in [0.3, 0.4) is 0 Å². The molecule has 2 heterocycles. The van der Waals surface area contributed by atoms with Crippen molar-refractivity contribution >= 4 is 11.6 Å². The molecule has 0 bridgehead atoms. The fourth-order valence-corrected chi connectivity index (χ4v) is 1.97. The molecule has 0 aromatic carbocycles. The van der Waals surface area contributed by atoms with Crippen LogP contribution in [0.1, 0.15) is 20.3 Å². The van der Waals surface area contributed by atoms with Crippen LogP contribution in [-0.4, -0.2) is 23.7 Å². The van der Waals surface area contributed by atoms with Crippen LogP contribution >= 0.6 is 0 Å². The molecule has 1 unspecified atom stereocenters. The van der Waals surface area contributed by atoms with Gasteiger partial charge in [0.15, 0.2) is 0 Å². The largest absolute Gasteiger partial charge is 0.310 e. The average Bonchev–Trinajstić information content (AvgIpc) is 2.32. The number of fused-ring (bicyclic) bond motifs is 1. The zero-order valence-corrected chi connectivity index (χ0v) is 7.35. The van der Waals surface area contributed by atoms with Gasteiger partial charge in [-0.2, -0.15) is 5.10 Å². The van der Waals surface area contributed by atoms with Crippen molar-refractivity contribution in [3.05, 3.63) is 0 Å². The van der Waals surface area contributed by atoms with E-state index in [4.69, 9.17) is 0 Å². The molecule has 12 heavy (non-hydrogen) atoms. The van der Waals surface area contributed by atoms with Gasteiger partial charge in [-0.3, -0.25) is 4.79 Å². The first kappa shape index (κ1) is 7.73. The standard InChI is InChI=1S/C8H13N3O/c1-8(2)6-5(3-4-9-8)10-11-7(6)12/h6,9H,3-4H2,1-2H3,(H,11,12). The Kier molecular flexibility index (Phi) is 1.48. The summed E-state index contributed by atoms with van der Waals surface area (Å²) in [5, 5.41) is 7.33. The quantitative estimate of drug-likeness (QED) is 0.527. The highest BCUT2D eigenvalue weighted by molar-refractivity contribution is 6.09. The molecule has 0 radical (unpaired) electrons. The van der Waals surface area contributed by atoms with Gasteiger partial charge in [-0.15, -0.1) is 0 Å². The fourth-order valence-electron chi connectivity index (χ4n) is 1.97. The van der Waals surface area contributed by atoms with Crippen molar-refractivity contribution in [1.82, 2.24) is 10.7 Å². The molecule has 2 N–H and O–H groups in total. The molecule has 2 aliphatic rings. The maximum absolute atomic E-state index is 11.4. The second kappa shape index (κ2) is 2.29. The Labute approximate surface area is 71.4 Å². The SMILES string of the molecule is CC1(C)NCCC2=NNC(=O)C21. The van der Waals surface area contributed by atoms with E-state index >= 15 is 0 Å². The van der Waals surface area contributed by atoms with Gasteiger partial charge >= 0.3 is 0 Å². The number of rotatable bonds is 0. The molecule has 0 spiro atoms. The maximum atomic E-state index is 11.4. The topological polar surface area (TPSA) is 53.5 Å². The van der Waals surface area contributed by atoms with Crippen molar-refractivity contribution in [3.8, 4) is 0 Å². The Morgan fingerprint density at radius 3 is 3.00 bits per heavy atom. The van der Waals surface area contributed by atoms with Crippen LogP contribution in [-0.2, 0) is 4.79 Å². The molecule has 4 heteroatoms. The minimum atomic E-state index is -0.141. The zero-order chi connectivity index (χ0) is 8.77. The number of hydrogen-bond donors (Lipinski definition) is 2. The lowest BCUT2D eigenvalue weighted by Gasteiger charge is -2.35. The number of hydrogen-bond acceptors (Lipinski definition) is 3. The molecule has 0 aromatic rings. The highest BCUT2D eigenvalue weighted by atomic mass is 16.2. The minimum Gasteiger partial charge on any atom is -0.310 e. The van der Waals surface area contributed by atoms with E-state index in [1.165, 1.54) is 0 Å². The number of amides is 1. The highest BCUT2D eigenvalue weighted by Gasteiger charge is 2.44. The molecule has 2 aliphatic heterocycles. The normalized spacial score (nSPS) is 32.3. The lowest BCUT2D eigenvalue weighted by atomic mass is 9.79. The third kappa shape index (κ3) is 0.948. The molecular formula is C8H13N3O. The summed E-state index contributed by atoms with van der Waals surface area (Å²) in [5.41, 5.74) is 3.39. The highest BCUT2D eigenvalue weighted by Crippen LogP contribution is 2.26. The summed E-state index contributed by atoms with van der Waals surface area (Å²) in [6.45, 7) is 4.99. The fraction of sp³-hybridized carbons (Fsp3) is 0.750. The van der Waals surface area contributed by atoms with Gasteiger partial charge < -0.3 is 5.32 Å². The summed E-state index contributed by atoms with van der Waals surface area (Å²) >= 11 is 0. The second-order valence-corrected chi connectivity index (χ2v) is 3.91. The number of nitrogens with zero attached hydrogens (tertiary/aromatic N) is 1. The van der Waals surface area contributed by atoms with Crippen LogP contribution < -0.4 is 10.7 Å². The smallest absolute Gasteiger partial charge is 0.250 e. The first-order chi connectivity index (χ1) is 5.61. The number of piperidine rings is 1. The van der Waals surface area contributed by atoms with Crippen molar-refractivity contribution < 1.29 is 4.79 Å². The Morgan fingerprint density at radius 1 is 1.58 bits per heavy atom. The first-order valence-corrected chi connectivity index (χ1v) is 4.22. The van der Waals surface area contributed by atoms with Crippen LogP contribution in [0, 0.1) is 5.92 Å². The zero-order valence-electron chi connectivity index (χ0n) is 7.35. The minimum absolute atomic E-state index is 0.0298. The third-order valence-electron chi connectivity index (χ3n) is 2.59. The van der Waals surface area contributed by atoms with E-state index < -0.39 is 0 Å². The molecular weight excluding hydrogens is 154 g/mol. The lowest BCUT2D eigenvalue weighted by Crippen LogP contribution is -2.56. The Bertz CT molecular complexity index is 257. The molecule has 1 amide bonds. The molecule has 0 saturated carbocycles. The van der Waals surface area contributed by atoms with Crippen molar-refractivity contribution in [2.45, 2.75) is 25.8 Å². The van der Waals surface area contributed by atoms with Gasteiger partial charge in [0.25, 0.3) is 5.91 Å². The van der Waals surface area contributed by atoms with Crippen LogP contribution in [0.5, 0.6) is 0 Å². The summed E-state index contributed by atoms with van der Waals surface area (Å²) in [6, 6.07) is 0. The average molecular weight is 167 g/mol. The van der Waals surface area contributed by atoms with Gasteiger partial charge in [0.1, 0.15) is 0 Å². The van der Waals surface area contributed by atoms with Crippen molar-refractivity contribution in [2.75, 3.05) is 6.54 Å². The van der Waals surface area contributed by atoms with Crippen LogP contribution in [0.2, 0.25) is 0 Å². The van der Waals surface area contributed by atoms with E-state index in [0.717, 1.165) is 18.7 Å². The van der Waals surface area contributed by atoms with Crippen molar-refractivity contribution in [1.29, 1.82) is 0 Å². The van der Waals surface area contributed by atoms with Crippen LogP contribution in [0.4, 0.5) is 0 Å². The number of carbonyl (C=O) groups excluding carboxylic acids is 1. The molecule has 0 aromatic heterocycles. The predicted molar refractivity (Wildman–Crippen MR) is 45.8 cm³/mol. The monoisotopic (exact) mass is 167 g/mol. The molecule has 66 valence electrons. The first-order valence-electron chi connectivity index (χ1n) is 4.22. The van der Waals surface area contributed by atoms with Gasteiger partial charge in [0.05, 0.1) is 11.6 Å². The Hall–Kier alpha value is -0.900. The van der Waals surface area contributed by atoms with E-state index in [0.29, 0.717) is 0 Å². The van der Waals surface area contributed by atoms with Gasteiger partial charge in [-0.1, -0.05) is 0 Å². The van der Waals surface area contributed by atoms with E-state index in [1.54, 1.807) is 0 Å². The van der Waals surface area contributed by atoms with E-state index in [1.807, 2.05) is 13.8 Å². The molecule has 2 rings (SSSR count). The maximum Gasteiger partial charge on any atom is 0.250 e. The van der Waals surface area contributed by atoms with E-state index in [9.17, 15) is 4.79 Å². The summed E-state index contributed by atoms with van der Waals surface area (Å²) in [7, 11) is 0. The van der Waals surface area contributed by atoms with Gasteiger partial charge in [0.2, 0.25) is 0 Å². The number of nitrogens with one attached hydrogen (secondary N) is 2. The van der Waals surface area contributed by atoms with E-state index in [2.05, 4.69) is 15.8 Å². The van der Waals surface area contributed by atoms with Crippen LogP contribution in [0.15, 0.2) is 5.10 Å². The molecule has 1 fully saturated rings. The molecule has 4 nitrogen and oxygen atoms in total. The van der Waals surface area contributed by atoms with Crippen LogP contribution in [0.25, 0.3) is 0 Å². The molecule has 1 atom stereocenters. The van der Waals surface area contributed by atoms with Gasteiger partial charge in [-0.25, -0.2) is 5.43 Å². The summed E-state index contributed by atoms with van der Waals surface area (Å²) in [5.74, 6) is -0.0338. The van der Waals surface area contributed by atoms with Gasteiger partial charge in [0, 0.05) is 18.5 Å². The summed E-state index contributed by atoms with van der Waals surface area (Å²) in [6.07, 6.45) is 0.882. The summed E-state index contributed by atoms with van der Waals surface area (Å²) < 4.78 is 0. The Morgan fingerprint density at radius 2 is 2.33 bits per heavy atom. The van der Waals surface area contributed by atoms with Crippen molar-refractivity contribution in [3.63, 3.8) is 0 Å². The van der Waals surface area contributed by atoms with Crippen molar-refractivity contribution in [2.24, 2.45) is 11.0 Å². The Balaban J connectivity index is 2.32. The molecule has 1 saturated heterocycles. The third-order valence-corrected chi connectivity index (χ3v) is 2.59. The predicted octanol–water partition coefficient (Wildman–Crippen LogP) is -0.140. The number of hydrazone groups is 1. The van der Waals surface area contributed by atoms with Gasteiger partial charge in [-0.05, 0) is 13.8 Å². The van der Waals surface area contributed by atoms with E-state index in [-0.39, 0.29) is 17.4 Å². The molecule has 0 aliphatic carbocycles. The summed E-state index contributed by atoms with van der Waals surface area (Å²) in [4.78, 5) is 11.4. The number of carbonyl (C=O) groups is 1.